The summed E-state index contributed by atoms with van der Waals surface area (Å²) in [7, 11) is 0. The number of hydrogen-bond acceptors (Lipinski definition) is 1. The summed E-state index contributed by atoms with van der Waals surface area (Å²) in [6.45, 7) is 6.42. The summed E-state index contributed by atoms with van der Waals surface area (Å²) >= 11 is 5.60. The fraction of sp³-hybridized carbons (Fsp3) is 0.571. The van der Waals surface area contributed by atoms with Gasteiger partial charge in [-0.3, -0.25) is 0 Å². The van der Waals surface area contributed by atoms with E-state index < -0.39 is 0 Å². The second-order valence-corrected chi connectivity index (χ2v) is 6.72. The minimum atomic E-state index is 0.788. The zero-order valence-corrected chi connectivity index (χ0v) is 12.4. The molecule has 0 N–H and O–H groups in total. The lowest BCUT2D eigenvalue weighted by atomic mass is 10.1. The van der Waals surface area contributed by atoms with E-state index in [0.717, 1.165) is 21.9 Å². The van der Waals surface area contributed by atoms with Crippen molar-refractivity contribution in [1.82, 2.24) is 0 Å². The van der Waals surface area contributed by atoms with Crippen LogP contribution in [-0.2, 0) is 0 Å². The van der Waals surface area contributed by atoms with Crippen molar-refractivity contribution in [2.24, 2.45) is 0 Å². The normalized spacial score (nSPS) is 30.5. The second kappa shape index (κ2) is 8.19. The Morgan fingerprint density at radius 2 is 2.19 bits per heavy atom. The topological polar surface area (TPSA) is 0 Å². The molecule has 1 aliphatic rings. The molecule has 1 atom stereocenters. The van der Waals surface area contributed by atoms with Crippen molar-refractivity contribution in [2.45, 2.75) is 44.3 Å². The number of rotatable bonds is 0. The van der Waals surface area contributed by atoms with Crippen molar-refractivity contribution in [1.29, 1.82) is 0 Å². The predicted octanol–water partition coefficient (Wildman–Crippen LogP) is 5.46. The molecule has 16 heavy (non-hydrogen) atoms. The molecule has 0 nitrogen and oxygen atoms in total. The molecule has 0 spiro atoms. The van der Waals surface area contributed by atoms with Crippen LogP contribution < -0.4 is 0 Å². The summed E-state index contributed by atoms with van der Waals surface area (Å²) in [6.07, 6.45) is 13.0. The van der Waals surface area contributed by atoms with E-state index in [0.29, 0.717) is 0 Å². The van der Waals surface area contributed by atoms with E-state index in [1.807, 2.05) is 11.8 Å². The van der Waals surface area contributed by atoms with Gasteiger partial charge in [-0.25, -0.2) is 0 Å². The molecular formula is C14H21BrS. The van der Waals surface area contributed by atoms with Crippen LogP contribution in [0.5, 0.6) is 0 Å². The summed E-state index contributed by atoms with van der Waals surface area (Å²) in [4.78, 5) is 0. The number of thioether (sulfide) groups is 1. The van der Waals surface area contributed by atoms with Gasteiger partial charge in [-0.1, -0.05) is 60.0 Å². The predicted molar refractivity (Wildman–Crippen MR) is 80.3 cm³/mol. The third kappa shape index (κ3) is 6.59. The highest BCUT2D eigenvalue weighted by Gasteiger charge is 2.02. The van der Waals surface area contributed by atoms with E-state index in [2.05, 4.69) is 47.7 Å². The van der Waals surface area contributed by atoms with Crippen LogP contribution in [0.2, 0.25) is 0 Å². The van der Waals surface area contributed by atoms with Crippen LogP contribution in [0.15, 0.2) is 34.9 Å². The van der Waals surface area contributed by atoms with Crippen LogP contribution in [0.4, 0.5) is 0 Å². The van der Waals surface area contributed by atoms with Crippen molar-refractivity contribution in [3.05, 3.63) is 34.9 Å². The molecule has 0 fully saturated rings. The van der Waals surface area contributed by atoms with E-state index in [9.17, 15) is 0 Å². The van der Waals surface area contributed by atoms with Gasteiger partial charge in [0.25, 0.3) is 0 Å². The molecule has 0 radical (unpaired) electrons. The summed E-state index contributed by atoms with van der Waals surface area (Å²) in [5.41, 5.74) is 1.23. The highest BCUT2D eigenvalue weighted by atomic mass is 79.9. The molecule has 0 aromatic heterocycles. The minimum Gasteiger partial charge on any atom is -0.155 e. The first-order valence-electron chi connectivity index (χ1n) is 6.01. The van der Waals surface area contributed by atoms with Crippen molar-refractivity contribution in [3.63, 3.8) is 0 Å². The Morgan fingerprint density at radius 3 is 3.00 bits per heavy atom. The van der Waals surface area contributed by atoms with Crippen LogP contribution in [0, 0.1) is 0 Å². The molecule has 1 rings (SSSR count). The molecule has 1 aliphatic heterocycles. The summed E-state index contributed by atoms with van der Waals surface area (Å²) < 4.78 is 1.14. The van der Waals surface area contributed by atoms with Gasteiger partial charge in [-0.2, -0.15) is 11.8 Å². The Kier molecular flexibility index (Phi) is 7.22. The maximum atomic E-state index is 4.09. The maximum Gasteiger partial charge on any atom is 0.0174 e. The molecule has 0 saturated carbocycles. The van der Waals surface area contributed by atoms with Gasteiger partial charge >= 0.3 is 0 Å². The minimum absolute atomic E-state index is 0.788. The molecule has 2 heteroatoms. The lowest BCUT2D eigenvalue weighted by molar-refractivity contribution is 0.640. The number of hydrogen-bond donors (Lipinski definition) is 0. The van der Waals surface area contributed by atoms with Gasteiger partial charge in [0.05, 0.1) is 0 Å². The average molecular weight is 301 g/mol. The summed E-state index contributed by atoms with van der Waals surface area (Å²) in [5, 5.41) is 0.788. The van der Waals surface area contributed by atoms with Gasteiger partial charge in [-0.05, 0) is 25.3 Å². The van der Waals surface area contributed by atoms with Gasteiger partial charge < -0.3 is 0 Å². The third-order valence-corrected chi connectivity index (χ3v) is 4.39. The van der Waals surface area contributed by atoms with Crippen LogP contribution in [0.1, 0.15) is 39.0 Å². The van der Waals surface area contributed by atoms with Crippen molar-refractivity contribution in [2.75, 3.05) is 5.75 Å². The van der Waals surface area contributed by atoms with Crippen LogP contribution in [-0.4, -0.2) is 11.0 Å². The fourth-order valence-electron chi connectivity index (χ4n) is 1.74. The Morgan fingerprint density at radius 1 is 1.38 bits per heavy atom. The maximum absolute atomic E-state index is 4.09. The molecule has 1 heterocycles. The lowest BCUT2D eigenvalue weighted by Gasteiger charge is -2.08. The molecule has 0 bridgehead atoms. The molecule has 0 aromatic rings. The highest BCUT2D eigenvalue weighted by Crippen LogP contribution is 2.21. The molecule has 0 amide bonds. The standard InChI is InChI=1S/C14H21BrS/c1-12-7-4-3-5-8-13(2)16-10-6-9-14(15)11-12/h6,9,11,13H,1,3-5,7-8,10H2,2H3/b9-6-,14-11+. The first-order valence-corrected chi connectivity index (χ1v) is 7.86. The third-order valence-electron chi connectivity index (χ3n) is 2.70. The number of allylic oxidation sites excluding steroid dienone is 4. The van der Waals surface area contributed by atoms with E-state index in [1.54, 1.807) is 0 Å². The first kappa shape index (κ1) is 14.1. The number of halogens is 1. The molecule has 0 aliphatic carbocycles. The van der Waals surface area contributed by atoms with E-state index >= 15 is 0 Å². The Balaban J connectivity index is 2.53. The Bertz CT molecular complexity index is 278. The van der Waals surface area contributed by atoms with Gasteiger partial charge in [-0.15, -0.1) is 0 Å². The van der Waals surface area contributed by atoms with Gasteiger partial charge in [0, 0.05) is 15.5 Å². The highest BCUT2D eigenvalue weighted by molar-refractivity contribution is 9.11. The van der Waals surface area contributed by atoms with E-state index in [4.69, 9.17) is 0 Å². The molecule has 0 saturated heterocycles. The van der Waals surface area contributed by atoms with E-state index in [-0.39, 0.29) is 0 Å². The smallest absolute Gasteiger partial charge is 0.0174 e. The van der Waals surface area contributed by atoms with Gasteiger partial charge in [0.15, 0.2) is 0 Å². The molecule has 0 aromatic carbocycles. The molecule has 90 valence electrons. The lowest BCUT2D eigenvalue weighted by Crippen LogP contribution is -1.96. The van der Waals surface area contributed by atoms with E-state index in [1.165, 1.54) is 31.3 Å². The quantitative estimate of drug-likeness (QED) is 0.572. The zero-order valence-electron chi connectivity index (χ0n) is 10.0. The second-order valence-electron chi connectivity index (χ2n) is 4.33. The summed E-state index contributed by atoms with van der Waals surface area (Å²) in [6, 6.07) is 0. The van der Waals surface area contributed by atoms with Gasteiger partial charge in [0.1, 0.15) is 0 Å². The summed E-state index contributed by atoms with van der Waals surface area (Å²) in [5.74, 6) is 1.11. The Hall–Kier alpha value is 0.0500. The first-order chi connectivity index (χ1) is 7.68. The van der Waals surface area contributed by atoms with Crippen LogP contribution >= 0.6 is 27.7 Å². The van der Waals surface area contributed by atoms with Gasteiger partial charge in [0.2, 0.25) is 0 Å². The van der Waals surface area contributed by atoms with Crippen LogP contribution in [0.25, 0.3) is 0 Å². The van der Waals surface area contributed by atoms with Crippen molar-refractivity contribution >= 4 is 27.7 Å². The molecule has 1 unspecified atom stereocenters. The largest absolute Gasteiger partial charge is 0.155 e. The SMILES string of the molecule is C=C1/C=C(Br)\C=C/CSC(C)CCCCC1. The zero-order chi connectivity index (χ0) is 11.8. The molecular weight excluding hydrogens is 280 g/mol. The Labute approximate surface area is 112 Å². The fourth-order valence-corrected chi connectivity index (χ4v) is 3.12. The monoisotopic (exact) mass is 300 g/mol. The average Bonchev–Trinajstić information content (AvgIpc) is 2.24. The van der Waals surface area contributed by atoms with Crippen molar-refractivity contribution in [3.8, 4) is 0 Å². The van der Waals surface area contributed by atoms with Crippen LogP contribution in [0.3, 0.4) is 0 Å². The van der Waals surface area contributed by atoms with Crippen molar-refractivity contribution < 1.29 is 0 Å².